The third kappa shape index (κ3) is 4.31. The molecule has 1 amide bonds. The van der Waals surface area contributed by atoms with Gasteiger partial charge in [0.05, 0.1) is 6.42 Å². The highest BCUT2D eigenvalue weighted by Crippen LogP contribution is 2.11. The summed E-state index contributed by atoms with van der Waals surface area (Å²) in [5.74, 6) is 0.0651. The lowest BCUT2D eigenvalue weighted by atomic mass is 10.1. The Morgan fingerprint density at radius 2 is 2.39 bits per heavy atom. The fraction of sp³-hybridized carbons (Fsp3) is 0.500. The summed E-state index contributed by atoms with van der Waals surface area (Å²) in [6.07, 6.45) is 3.89. The van der Waals surface area contributed by atoms with Crippen LogP contribution in [0.15, 0.2) is 24.3 Å². The highest BCUT2D eigenvalue weighted by atomic mass is 35.5. The molecule has 0 spiro atoms. The molecule has 1 heterocycles. The van der Waals surface area contributed by atoms with Gasteiger partial charge in [0, 0.05) is 17.6 Å². The minimum Gasteiger partial charge on any atom is -0.356 e. The summed E-state index contributed by atoms with van der Waals surface area (Å²) in [7, 11) is 0. The van der Waals surface area contributed by atoms with E-state index in [1.54, 1.807) is 0 Å². The molecule has 2 N–H and O–H groups in total. The molecule has 1 aliphatic heterocycles. The van der Waals surface area contributed by atoms with Crippen molar-refractivity contribution in [3.8, 4) is 0 Å². The summed E-state index contributed by atoms with van der Waals surface area (Å²) >= 11 is 5.88. The molecule has 1 saturated heterocycles. The molecule has 1 atom stereocenters. The third-order valence-corrected chi connectivity index (χ3v) is 3.47. The first-order valence-corrected chi connectivity index (χ1v) is 6.86. The SMILES string of the molecule is O=C(Cc1cccc(Cl)c1)NCC[C@H]1CCCN1. The monoisotopic (exact) mass is 266 g/mol. The minimum absolute atomic E-state index is 0.0651. The molecule has 0 aliphatic carbocycles. The van der Waals surface area contributed by atoms with Crippen molar-refractivity contribution in [3.05, 3.63) is 34.9 Å². The number of carbonyl (C=O) groups excluding carboxylic acids is 1. The van der Waals surface area contributed by atoms with Gasteiger partial charge in [-0.15, -0.1) is 0 Å². The van der Waals surface area contributed by atoms with E-state index in [1.165, 1.54) is 12.8 Å². The first-order valence-electron chi connectivity index (χ1n) is 6.48. The second-order valence-corrected chi connectivity index (χ2v) is 5.18. The Morgan fingerprint density at radius 3 is 3.11 bits per heavy atom. The number of carbonyl (C=O) groups is 1. The Bertz CT molecular complexity index is 403. The third-order valence-electron chi connectivity index (χ3n) is 3.23. The quantitative estimate of drug-likeness (QED) is 0.857. The van der Waals surface area contributed by atoms with E-state index in [0.717, 1.165) is 25.1 Å². The van der Waals surface area contributed by atoms with Crippen LogP contribution in [-0.4, -0.2) is 25.0 Å². The van der Waals surface area contributed by atoms with Gasteiger partial charge in [-0.1, -0.05) is 23.7 Å². The fourth-order valence-corrected chi connectivity index (χ4v) is 2.50. The second-order valence-electron chi connectivity index (χ2n) is 4.74. The normalized spacial score (nSPS) is 18.8. The van der Waals surface area contributed by atoms with Gasteiger partial charge in [0.2, 0.25) is 5.91 Å². The summed E-state index contributed by atoms with van der Waals surface area (Å²) in [6, 6.07) is 8.02. The number of rotatable bonds is 5. The predicted molar refractivity (Wildman–Crippen MR) is 73.8 cm³/mol. The van der Waals surface area contributed by atoms with Crippen molar-refractivity contribution in [3.63, 3.8) is 0 Å². The van der Waals surface area contributed by atoms with Crippen LogP contribution < -0.4 is 10.6 Å². The van der Waals surface area contributed by atoms with Crippen molar-refractivity contribution in [2.75, 3.05) is 13.1 Å². The molecule has 0 bridgehead atoms. The van der Waals surface area contributed by atoms with Gasteiger partial charge in [0.25, 0.3) is 0 Å². The lowest BCUT2D eigenvalue weighted by Crippen LogP contribution is -2.31. The maximum absolute atomic E-state index is 11.7. The smallest absolute Gasteiger partial charge is 0.224 e. The zero-order valence-corrected chi connectivity index (χ0v) is 11.2. The van der Waals surface area contributed by atoms with Crippen molar-refractivity contribution in [2.24, 2.45) is 0 Å². The van der Waals surface area contributed by atoms with E-state index in [0.29, 0.717) is 17.5 Å². The average Bonchev–Trinajstić information content (AvgIpc) is 2.82. The van der Waals surface area contributed by atoms with E-state index in [4.69, 9.17) is 11.6 Å². The van der Waals surface area contributed by atoms with E-state index in [2.05, 4.69) is 10.6 Å². The Morgan fingerprint density at radius 1 is 1.50 bits per heavy atom. The molecule has 1 aromatic rings. The summed E-state index contributed by atoms with van der Waals surface area (Å²) < 4.78 is 0. The van der Waals surface area contributed by atoms with Gasteiger partial charge in [-0.05, 0) is 43.5 Å². The Hall–Kier alpha value is -1.06. The Balaban J connectivity index is 1.68. The maximum atomic E-state index is 11.7. The fourth-order valence-electron chi connectivity index (χ4n) is 2.28. The Labute approximate surface area is 113 Å². The van der Waals surface area contributed by atoms with Crippen molar-refractivity contribution in [1.29, 1.82) is 0 Å². The number of hydrogen-bond acceptors (Lipinski definition) is 2. The van der Waals surface area contributed by atoms with E-state index in [1.807, 2.05) is 24.3 Å². The number of benzene rings is 1. The van der Waals surface area contributed by atoms with Gasteiger partial charge < -0.3 is 10.6 Å². The van der Waals surface area contributed by atoms with Crippen molar-refractivity contribution < 1.29 is 4.79 Å². The van der Waals surface area contributed by atoms with Crippen molar-refractivity contribution in [2.45, 2.75) is 31.7 Å². The van der Waals surface area contributed by atoms with Gasteiger partial charge in [-0.25, -0.2) is 0 Å². The minimum atomic E-state index is 0.0651. The largest absolute Gasteiger partial charge is 0.356 e. The standard InChI is InChI=1S/C14H19ClN2O/c15-12-4-1-3-11(9-12)10-14(18)17-8-6-13-5-2-7-16-13/h1,3-4,9,13,16H,2,5-8,10H2,(H,17,18)/t13-/m1/s1. The van der Waals surface area contributed by atoms with Crippen LogP contribution in [0.4, 0.5) is 0 Å². The van der Waals surface area contributed by atoms with Crippen molar-refractivity contribution in [1.82, 2.24) is 10.6 Å². The molecular formula is C14H19ClN2O. The molecule has 3 nitrogen and oxygen atoms in total. The number of amides is 1. The number of nitrogens with one attached hydrogen (secondary N) is 2. The van der Waals surface area contributed by atoms with Crippen LogP contribution in [0.25, 0.3) is 0 Å². The molecule has 4 heteroatoms. The zero-order chi connectivity index (χ0) is 12.8. The first kappa shape index (κ1) is 13.4. The molecule has 1 aromatic carbocycles. The summed E-state index contributed by atoms with van der Waals surface area (Å²) in [5.41, 5.74) is 0.957. The highest BCUT2D eigenvalue weighted by Gasteiger charge is 2.13. The van der Waals surface area contributed by atoms with E-state index < -0.39 is 0 Å². The second kappa shape index (κ2) is 6.76. The average molecular weight is 267 g/mol. The van der Waals surface area contributed by atoms with Gasteiger partial charge in [0.1, 0.15) is 0 Å². The first-order chi connectivity index (χ1) is 8.74. The molecule has 1 aliphatic rings. The molecule has 0 saturated carbocycles. The molecule has 0 aromatic heterocycles. The van der Waals surface area contributed by atoms with Gasteiger partial charge in [0.15, 0.2) is 0 Å². The summed E-state index contributed by atoms with van der Waals surface area (Å²) in [4.78, 5) is 11.7. The predicted octanol–water partition coefficient (Wildman–Crippen LogP) is 2.14. The van der Waals surface area contributed by atoms with Crippen LogP contribution >= 0.6 is 11.6 Å². The summed E-state index contributed by atoms with van der Waals surface area (Å²) in [5, 5.41) is 7.05. The topological polar surface area (TPSA) is 41.1 Å². The van der Waals surface area contributed by atoms with Crippen molar-refractivity contribution >= 4 is 17.5 Å². The van der Waals surface area contributed by atoms with E-state index in [9.17, 15) is 4.79 Å². The molecule has 18 heavy (non-hydrogen) atoms. The van der Waals surface area contributed by atoms with Gasteiger partial charge in [-0.2, -0.15) is 0 Å². The molecule has 2 rings (SSSR count). The summed E-state index contributed by atoms with van der Waals surface area (Å²) in [6.45, 7) is 1.86. The maximum Gasteiger partial charge on any atom is 0.224 e. The molecular weight excluding hydrogens is 248 g/mol. The van der Waals surface area contributed by atoms with Crippen LogP contribution in [0.5, 0.6) is 0 Å². The number of halogens is 1. The molecule has 1 fully saturated rings. The molecule has 0 unspecified atom stereocenters. The Kier molecular flexibility index (Phi) is 5.02. The molecule has 0 radical (unpaired) electrons. The van der Waals surface area contributed by atoms with Crippen LogP contribution in [0, 0.1) is 0 Å². The number of hydrogen-bond donors (Lipinski definition) is 2. The van der Waals surface area contributed by atoms with Crippen LogP contribution in [0.1, 0.15) is 24.8 Å². The molecule has 98 valence electrons. The van der Waals surface area contributed by atoms with E-state index in [-0.39, 0.29) is 5.91 Å². The zero-order valence-electron chi connectivity index (χ0n) is 10.4. The van der Waals surface area contributed by atoms with Gasteiger partial charge >= 0.3 is 0 Å². The van der Waals surface area contributed by atoms with Crippen LogP contribution in [-0.2, 0) is 11.2 Å². The van der Waals surface area contributed by atoms with Crippen LogP contribution in [0.2, 0.25) is 5.02 Å². The lowest BCUT2D eigenvalue weighted by molar-refractivity contribution is -0.120. The van der Waals surface area contributed by atoms with E-state index >= 15 is 0 Å². The van der Waals surface area contributed by atoms with Gasteiger partial charge in [-0.3, -0.25) is 4.79 Å². The van der Waals surface area contributed by atoms with Crippen LogP contribution in [0.3, 0.4) is 0 Å². The highest BCUT2D eigenvalue weighted by molar-refractivity contribution is 6.30. The lowest BCUT2D eigenvalue weighted by Gasteiger charge is -2.10.